The highest BCUT2D eigenvalue weighted by Gasteiger charge is 2.23. The van der Waals surface area contributed by atoms with E-state index >= 15 is 0 Å². The molecule has 1 aliphatic heterocycles. The van der Waals surface area contributed by atoms with Crippen LogP contribution in [0.5, 0.6) is 0 Å². The Morgan fingerprint density at radius 2 is 2.04 bits per heavy atom. The van der Waals surface area contributed by atoms with E-state index < -0.39 is 0 Å². The number of hydrogen-bond acceptors (Lipinski definition) is 4. The number of nitrogens with zero attached hydrogens (tertiary/aromatic N) is 4. The molecule has 0 unspecified atom stereocenters. The summed E-state index contributed by atoms with van der Waals surface area (Å²) in [6, 6.07) is 5.86. The minimum Gasteiger partial charge on any atom is -0.341 e. The van der Waals surface area contributed by atoms with Gasteiger partial charge in [0.05, 0.1) is 0 Å². The normalized spacial score (nSPS) is 15.5. The lowest BCUT2D eigenvalue weighted by Crippen LogP contribution is -2.42. The van der Waals surface area contributed by atoms with Crippen LogP contribution in [0.2, 0.25) is 0 Å². The van der Waals surface area contributed by atoms with Crippen molar-refractivity contribution < 1.29 is 4.79 Å². The highest BCUT2D eigenvalue weighted by molar-refractivity contribution is 5.76. The number of carbonyl (C=O) groups excluding carboxylic acids is 1. The molecule has 1 saturated heterocycles. The maximum atomic E-state index is 12.4. The smallest absolute Gasteiger partial charge is 0.341 e. The fourth-order valence-electron chi connectivity index (χ4n) is 3.20. The third-order valence-electron chi connectivity index (χ3n) is 4.54. The summed E-state index contributed by atoms with van der Waals surface area (Å²) in [5.41, 5.74) is 1.98. The zero-order valence-corrected chi connectivity index (χ0v) is 13.9. The second-order valence-corrected chi connectivity index (χ2v) is 6.36. The van der Waals surface area contributed by atoms with E-state index in [1.807, 2.05) is 18.0 Å². The molecular formula is C18H22N4O2. The lowest BCUT2D eigenvalue weighted by atomic mass is 9.90. The van der Waals surface area contributed by atoms with Crippen molar-refractivity contribution in [1.29, 1.82) is 0 Å². The van der Waals surface area contributed by atoms with E-state index in [1.165, 1.54) is 16.3 Å². The quantitative estimate of drug-likeness (QED) is 0.852. The Balaban J connectivity index is 1.52. The Bertz CT molecular complexity index is 763. The Morgan fingerprint density at radius 1 is 1.25 bits per heavy atom. The first-order valence-electron chi connectivity index (χ1n) is 8.32. The lowest BCUT2D eigenvalue weighted by molar-refractivity contribution is -0.133. The van der Waals surface area contributed by atoms with Gasteiger partial charge in [-0.2, -0.15) is 0 Å². The highest BCUT2D eigenvalue weighted by atomic mass is 16.2. The van der Waals surface area contributed by atoms with Crippen molar-refractivity contribution in [2.75, 3.05) is 13.1 Å². The van der Waals surface area contributed by atoms with Crippen molar-refractivity contribution in [2.24, 2.45) is 5.92 Å². The number of likely N-dealkylation sites (tertiary alicyclic amines) is 1. The van der Waals surface area contributed by atoms with Crippen molar-refractivity contribution in [1.82, 2.24) is 19.4 Å². The average Bonchev–Trinajstić information content (AvgIpc) is 2.57. The van der Waals surface area contributed by atoms with Crippen LogP contribution in [0.4, 0.5) is 0 Å². The van der Waals surface area contributed by atoms with E-state index in [-0.39, 0.29) is 18.1 Å². The van der Waals surface area contributed by atoms with Gasteiger partial charge in [0.25, 0.3) is 0 Å². The highest BCUT2D eigenvalue weighted by Crippen LogP contribution is 2.22. The molecule has 0 N–H and O–H groups in total. The van der Waals surface area contributed by atoms with Crippen LogP contribution < -0.4 is 5.69 Å². The van der Waals surface area contributed by atoms with Crippen LogP contribution in [0.25, 0.3) is 0 Å². The maximum absolute atomic E-state index is 12.4. The summed E-state index contributed by atoms with van der Waals surface area (Å²) in [5.74, 6) is 0.584. The number of amides is 1. The van der Waals surface area contributed by atoms with Crippen LogP contribution in [0.1, 0.15) is 24.1 Å². The van der Waals surface area contributed by atoms with Crippen LogP contribution in [0, 0.1) is 12.8 Å². The number of rotatable bonds is 4. The summed E-state index contributed by atoms with van der Waals surface area (Å²) in [7, 11) is 0. The van der Waals surface area contributed by atoms with Gasteiger partial charge < -0.3 is 4.90 Å². The lowest BCUT2D eigenvalue weighted by Gasteiger charge is -2.32. The first-order chi connectivity index (χ1) is 11.6. The molecule has 24 heavy (non-hydrogen) atoms. The van der Waals surface area contributed by atoms with Gasteiger partial charge in [0.1, 0.15) is 6.54 Å². The number of carbonyl (C=O) groups is 1. The third-order valence-corrected chi connectivity index (χ3v) is 4.54. The molecule has 0 atom stereocenters. The van der Waals surface area contributed by atoms with E-state index in [4.69, 9.17) is 0 Å². The second-order valence-electron chi connectivity index (χ2n) is 6.36. The van der Waals surface area contributed by atoms with Crippen molar-refractivity contribution >= 4 is 5.91 Å². The monoisotopic (exact) mass is 326 g/mol. The minimum absolute atomic E-state index is 0.0108. The van der Waals surface area contributed by atoms with Gasteiger partial charge in [-0.25, -0.2) is 9.78 Å². The van der Waals surface area contributed by atoms with Crippen molar-refractivity contribution in [3.05, 3.63) is 58.5 Å². The van der Waals surface area contributed by atoms with Gasteiger partial charge in [-0.05, 0) is 55.9 Å². The molecule has 3 heterocycles. The Hall–Kier alpha value is -2.50. The first-order valence-corrected chi connectivity index (χ1v) is 8.32. The Kier molecular flexibility index (Phi) is 5.03. The number of aryl methyl sites for hydroxylation is 1. The molecule has 0 saturated carbocycles. The molecule has 1 amide bonds. The zero-order chi connectivity index (χ0) is 16.9. The van der Waals surface area contributed by atoms with E-state index in [0.717, 1.165) is 38.0 Å². The minimum atomic E-state index is -0.381. The van der Waals surface area contributed by atoms with E-state index in [9.17, 15) is 9.59 Å². The molecule has 0 aliphatic carbocycles. The molecule has 2 aromatic heterocycles. The predicted molar refractivity (Wildman–Crippen MR) is 90.5 cm³/mol. The maximum Gasteiger partial charge on any atom is 0.347 e. The SMILES string of the molecule is Cc1cc(CC2CCN(C(=O)Cn3cccnc3=O)CC2)ccn1. The summed E-state index contributed by atoms with van der Waals surface area (Å²) in [4.78, 5) is 33.7. The molecule has 0 spiro atoms. The van der Waals surface area contributed by atoms with Crippen LogP contribution in [-0.4, -0.2) is 38.4 Å². The van der Waals surface area contributed by atoms with Gasteiger partial charge in [0.15, 0.2) is 0 Å². The summed E-state index contributed by atoms with van der Waals surface area (Å²) >= 11 is 0. The standard InChI is InChI=1S/C18H22N4O2/c1-14-11-16(3-7-19-14)12-15-4-9-21(10-5-15)17(23)13-22-8-2-6-20-18(22)24/h2-3,6-8,11,15H,4-5,9-10,12-13H2,1H3. The largest absolute Gasteiger partial charge is 0.347 e. The second kappa shape index (κ2) is 7.38. The van der Waals surface area contributed by atoms with E-state index in [1.54, 1.807) is 12.3 Å². The molecule has 6 nitrogen and oxygen atoms in total. The van der Waals surface area contributed by atoms with Crippen LogP contribution in [0.15, 0.2) is 41.6 Å². The molecule has 1 fully saturated rings. The number of piperidine rings is 1. The molecule has 6 heteroatoms. The third kappa shape index (κ3) is 4.07. The molecule has 3 rings (SSSR count). The Morgan fingerprint density at radius 3 is 2.75 bits per heavy atom. The fourth-order valence-corrected chi connectivity index (χ4v) is 3.20. The van der Waals surface area contributed by atoms with Gasteiger partial charge in [0, 0.05) is 37.4 Å². The molecular weight excluding hydrogens is 304 g/mol. The van der Waals surface area contributed by atoms with Crippen LogP contribution >= 0.6 is 0 Å². The number of hydrogen-bond donors (Lipinski definition) is 0. The summed E-state index contributed by atoms with van der Waals surface area (Å²) in [5, 5.41) is 0. The topological polar surface area (TPSA) is 68.1 Å². The summed E-state index contributed by atoms with van der Waals surface area (Å²) in [6.45, 7) is 3.58. The van der Waals surface area contributed by atoms with E-state index in [2.05, 4.69) is 22.1 Å². The summed E-state index contributed by atoms with van der Waals surface area (Å²) < 4.78 is 1.36. The number of pyridine rings is 1. The first kappa shape index (κ1) is 16.4. The van der Waals surface area contributed by atoms with Crippen LogP contribution in [0.3, 0.4) is 0 Å². The number of aromatic nitrogens is 3. The van der Waals surface area contributed by atoms with Crippen molar-refractivity contribution in [2.45, 2.75) is 32.7 Å². The predicted octanol–water partition coefficient (Wildman–Crippen LogP) is 1.43. The molecule has 126 valence electrons. The molecule has 0 aromatic carbocycles. The van der Waals surface area contributed by atoms with Gasteiger partial charge in [-0.1, -0.05) is 0 Å². The van der Waals surface area contributed by atoms with Crippen molar-refractivity contribution in [3.63, 3.8) is 0 Å². The zero-order valence-electron chi connectivity index (χ0n) is 13.9. The van der Waals surface area contributed by atoms with Crippen LogP contribution in [-0.2, 0) is 17.8 Å². The van der Waals surface area contributed by atoms with Gasteiger partial charge in [0.2, 0.25) is 5.91 Å². The molecule has 2 aromatic rings. The van der Waals surface area contributed by atoms with Gasteiger partial charge >= 0.3 is 5.69 Å². The van der Waals surface area contributed by atoms with E-state index in [0.29, 0.717) is 5.92 Å². The average molecular weight is 326 g/mol. The molecule has 0 radical (unpaired) electrons. The Labute approximate surface area is 141 Å². The van der Waals surface area contributed by atoms with Gasteiger partial charge in [-0.15, -0.1) is 0 Å². The fraction of sp³-hybridized carbons (Fsp3) is 0.444. The van der Waals surface area contributed by atoms with Gasteiger partial charge in [-0.3, -0.25) is 14.3 Å². The molecule has 1 aliphatic rings. The summed E-state index contributed by atoms with van der Waals surface area (Å²) in [6.07, 6.45) is 7.92. The van der Waals surface area contributed by atoms with Crippen molar-refractivity contribution in [3.8, 4) is 0 Å². The molecule has 0 bridgehead atoms.